The van der Waals surface area contributed by atoms with E-state index in [0.29, 0.717) is 39.5 Å². The second-order valence-electron chi connectivity index (χ2n) is 13.0. The maximum Gasteiger partial charge on any atom is 0.209 e. The minimum absolute atomic E-state index is 0.172. The van der Waals surface area contributed by atoms with Crippen LogP contribution in [0, 0.1) is 0 Å². The highest BCUT2D eigenvalue weighted by Crippen LogP contribution is 2.40. The highest BCUT2D eigenvalue weighted by Gasteiger charge is 2.39. The third-order valence-corrected chi connectivity index (χ3v) is 7.80. The number of H-pyrrole nitrogens is 2. The molecule has 0 aliphatic rings. The standard InChI is InChI=1S/C37H38N2O3/c1-35(2,3)26-21-27(36(4,5)6)23-28(22-26)37(42,31-19-17-29(38-31)33(40)24-13-9-7-10-14-24)32-20-18-30(39-32)34(41)25-15-11-8-12-16-25/h7-23,38-39,42H,1-6H3. The van der Waals surface area contributed by atoms with E-state index < -0.39 is 5.60 Å². The molecule has 2 heterocycles. The van der Waals surface area contributed by atoms with Gasteiger partial charge in [0.15, 0.2) is 5.60 Å². The third kappa shape index (κ3) is 5.53. The number of carbonyl (C=O) groups is 2. The Balaban J connectivity index is 1.70. The molecule has 0 saturated heterocycles. The normalized spacial score (nSPS) is 12.4. The number of hydrogen-bond acceptors (Lipinski definition) is 3. The second kappa shape index (κ2) is 10.7. The van der Waals surface area contributed by atoms with E-state index >= 15 is 0 Å². The van der Waals surface area contributed by atoms with Crippen molar-refractivity contribution in [2.75, 3.05) is 0 Å². The Hall–Kier alpha value is -4.48. The van der Waals surface area contributed by atoms with Crippen LogP contribution in [0.3, 0.4) is 0 Å². The fourth-order valence-corrected chi connectivity index (χ4v) is 5.13. The van der Waals surface area contributed by atoms with Crippen molar-refractivity contribution in [2.45, 2.75) is 58.0 Å². The zero-order valence-corrected chi connectivity index (χ0v) is 25.1. The number of aromatic amines is 2. The number of carbonyl (C=O) groups excluding carboxylic acids is 2. The summed E-state index contributed by atoms with van der Waals surface area (Å²) in [6.07, 6.45) is 0. The van der Waals surface area contributed by atoms with E-state index in [1.165, 1.54) is 0 Å². The van der Waals surface area contributed by atoms with Crippen molar-refractivity contribution in [1.29, 1.82) is 0 Å². The van der Waals surface area contributed by atoms with Crippen LogP contribution in [0.4, 0.5) is 0 Å². The zero-order valence-electron chi connectivity index (χ0n) is 25.1. The van der Waals surface area contributed by atoms with Gasteiger partial charge in [-0.25, -0.2) is 0 Å². The molecule has 3 aromatic carbocycles. The third-order valence-electron chi connectivity index (χ3n) is 7.80. The quantitative estimate of drug-likeness (QED) is 0.179. The smallest absolute Gasteiger partial charge is 0.209 e. The lowest BCUT2D eigenvalue weighted by molar-refractivity contribution is 0.102. The molecule has 5 aromatic rings. The topological polar surface area (TPSA) is 85.9 Å². The van der Waals surface area contributed by atoms with Crippen LogP contribution >= 0.6 is 0 Å². The zero-order chi connectivity index (χ0) is 30.3. The molecule has 0 aliphatic carbocycles. The number of ketones is 2. The number of aromatic nitrogens is 2. The molecule has 0 saturated carbocycles. The molecule has 0 bridgehead atoms. The Labute approximate surface area is 247 Å². The Kier molecular flexibility index (Phi) is 7.42. The van der Waals surface area contributed by atoms with Crippen LogP contribution in [0.15, 0.2) is 103 Å². The lowest BCUT2D eigenvalue weighted by Gasteiger charge is -2.32. The molecule has 214 valence electrons. The maximum atomic E-state index is 13.3. The van der Waals surface area contributed by atoms with E-state index in [9.17, 15) is 14.7 Å². The summed E-state index contributed by atoms with van der Waals surface area (Å²) < 4.78 is 0. The highest BCUT2D eigenvalue weighted by molar-refractivity contribution is 6.08. The van der Waals surface area contributed by atoms with Crippen molar-refractivity contribution >= 4 is 11.6 Å². The van der Waals surface area contributed by atoms with Gasteiger partial charge in [0.1, 0.15) is 0 Å². The highest BCUT2D eigenvalue weighted by atomic mass is 16.3. The van der Waals surface area contributed by atoms with Gasteiger partial charge in [-0.05, 0) is 51.8 Å². The van der Waals surface area contributed by atoms with Gasteiger partial charge in [0, 0.05) is 11.1 Å². The summed E-state index contributed by atoms with van der Waals surface area (Å²) in [4.78, 5) is 33.1. The van der Waals surface area contributed by atoms with Crippen LogP contribution in [0.5, 0.6) is 0 Å². The number of benzene rings is 3. The van der Waals surface area contributed by atoms with E-state index in [0.717, 1.165) is 11.1 Å². The molecular weight excluding hydrogens is 520 g/mol. The van der Waals surface area contributed by atoms with Crippen molar-refractivity contribution in [3.05, 3.63) is 154 Å². The monoisotopic (exact) mass is 558 g/mol. The second-order valence-corrected chi connectivity index (χ2v) is 13.0. The minimum atomic E-state index is -1.72. The van der Waals surface area contributed by atoms with E-state index in [1.807, 2.05) is 48.5 Å². The fourth-order valence-electron chi connectivity index (χ4n) is 5.13. The molecule has 0 aliphatic heterocycles. The van der Waals surface area contributed by atoms with Crippen molar-refractivity contribution in [3.8, 4) is 0 Å². The van der Waals surface area contributed by atoms with Gasteiger partial charge < -0.3 is 15.1 Å². The number of hydrogen-bond donors (Lipinski definition) is 3. The summed E-state index contributed by atoms with van der Waals surface area (Å²) in [5, 5.41) is 12.9. The van der Waals surface area contributed by atoms with Gasteiger partial charge in [-0.1, -0.05) is 120 Å². The van der Waals surface area contributed by atoms with Crippen LogP contribution in [-0.2, 0) is 16.4 Å². The molecule has 3 N–H and O–H groups in total. The SMILES string of the molecule is CC(C)(C)c1cc(C(C)(C)C)cc(C(O)(c2ccc(C(=O)c3ccccc3)[nH]2)c2ccc(C(=O)c3ccccc3)[nH]2)c1. The molecule has 2 aromatic heterocycles. The molecule has 0 radical (unpaired) electrons. The van der Waals surface area contributed by atoms with Crippen LogP contribution in [-0.4, -0.2) is 26.6 Å². The van der Waals surface area contributed by atoms with E-state index in [1.54, 1.807) is 48.5 Å². The molecule has 5 nitrogen and oxygen atoms in total. The van der Waals surface area contributed by atoms with Crippen LogP contribution < -0.4 is 0 Å². The first kappa shape index (κ1) is 29.0. The van der Waals surface area contributed by atoms with Gasteiger partial charge in [-0.15, -0.1) is 0 Å². The Morgan fingerprint density at radius 2 is 0.881 bits per heavy atom. The van der Waals surface area contributed by atoms with Gasteiger partial charge in [0.25, 0.3) is 0 Å². The van der Waals surface area contributed by atoms with Crippen molar-refractivity contribution in [3.63, 3.8) is 0 Å². The molecule has 0 unspecified atom stereocenters. The summed E-state index contributed by atoms with van der Waals surface area (Å²) in [5.74, 6) is -0.344. The Bertz CT molecular complexity index is 1610. The van der Waals surface area contributed by atoms with Gasteiger partial charge in [-0.3, -0.25) is 9.59 Å². The van der Waals surface area contributed by atoms with Crippen LogP contribution in [0.2, 0.25) is 0 Å². The first-order valence-electron chi connectivity index (χ1n) is 14.3. The molecule has 0 fully saturated rings. The average molecular weight is 559 g/mol. The van der Waals surface area contributed by atoms with E-state index in [4.69, 9.17) is 0 Å². The fraction of sp³-hybridized carbons (Fsp3) is 0.243. The van der Waals surface area contributed by atoms with Gasteiger partial charge >= 0.3 is 0 Å². The Morgan fingerprint density at radius 3 is 1.24 bits per heavy atom. The summed E-state index contributed by atoms with van der Waals surface area (Å²) in [7, 11) is 0. The number of nitrogens with one attached hydrogen (secondary N) is 2. The molecule has 0 amide bonds. The van der Waals surface area contributed by atoms with Crippen molar-refractivity contribution in [1.82, 2.24) is 9.97 Å². The molecule has 42 heavy (non-hydrogen) atoms. The lowest BCUT2D eigenvalue weighted by atomic mass is 9.76. The predicted octanol–water partition coefficient (Wildman–Crippen LogP) is 7.68. The van der Waals surface area contributed by atoms with Crippen molar-refractivity contribution < 1.29 is 14.7 Å². The molecule has 0 atom stereocenters. The van der Waals surface area contributed by atoms with Gasteiger partial charge in [0.2, 0.25) is 11.6 Å². The van der Waals surface area contributed by atoms with E-state index in [-0.39, 0.29) is 22.4 Å². The maximum absolute atomic E-state index is 13.3. The average Bonchev–Trinajstić information content (AvgIpc) is 3.67. The molecule has 5 heteroatoms. The van der Waals surface area contributed by atoms with Crippen LogP contribution in [0.25, 0.3) is 0 Å². The molecular formula is C37H38N2O3. The first-order valence-corrected chi connectivity index (χ1v) is 14.3. The van der Waals surface area contributed by atoms with Gasteiger partial charge in [-0.2, -0.15) is 0 Å². The molecule has 5 rings (SSSR count). The Morgan fingerprint density at radius 1 is 0.524 bits per heavy atom. The lowest BCUT2D eigenvalue weighted by Crippen LogP contribution is -2.32. The predicted molar refractivity (Wildman–Crippen MR) is 167 cm³/mol. The minimum Gasteiger partial charge on any atom is -0.373 e. The summed E-state index contributed by atoms with van der Waals surface area (Å²) in [5.41, 5.74) is 3.37. The van der Waals surface area contributed by atoms with Crippen LogP contribution in [0.1, 0.15) is 102 Å². The summed E-state index contributed by atoms with van der Waals surface area (Å²) in [6, 6.07) is 31.2. The summed E-state index contributed by atoms with van der Waals surface area (Å²) in [6.45, 7) is 12.9. The van der Waals surface area contributed by atoms with E-state index in [2.05, 4.69) is 57.6 Å². The largest absolute Gasteiger partial charge is 0.373 e. The summed E-state index contributed by atoms with van der Waals surface area (Å²) >= 11 is 0. The van der Waals surface area contributed by atoms with Crippen molar-refractivity contribution in [2.24, 2.45) is 0 Å². The number of aliphatic hydroxyl groups is 1. The first-order chi connectivity index (χ1) is 19.8. The molecule has 0 spiro atoms. The van der Waals surface area contributed by atoms with Gasteiger partial charge in [0.05, 0.1) is 22.8 Å². The number of rotatable bonds is 7.